The molecule has 0 aliphatic carbocycles. The Balaban J connectivity index is 2.34. The molecule has 2 aromatic rings. The number of anilines is 1. The molecule has 19 heavy (non-hydrogen) atoms. The molecule has 0 fully saturated rings. The van der Waals surface area contributed by atoms with Crippen LogP contribution in [-0.2, 0) is 0 Å². The van der Waals surface area contributed by atoms with Crippen molar-refractivity contribution in [2.45, 2.75) is 6.92 Å². The number of carbonyl (C=O) groups is 1. The lowest BCUT2D eigenvalue weighted by molar-refractivity contribution is 0.102. The van der Waals surface area contributed by atoms with Crippen molar-refractivity contribution in [1.29, 1.82) is 0 Å². The minimum atomic E-state index is -0.915. The number of hydrogen-bond donors (Lipinski definition) is 1. The predicted octanol–water partition coefficient (Wildman–Crippen LogP) is 3.66. The Hall–Kier alpha value is -2.30. The Bertz CT molecular complexity index is 620. The molecule has 0 saturated heterocycles. The number of halogens is 3. The molecule has 0 atom stereocenters. The monoisotopic (exact) mass is 265 g/mol. The first-order chi connectivity index (χ1) is 8.99. The second-order valence-corrected chi connectivity index (χ2v) is 4.03. The Labute approximate surface area is 107 Å². The quantitative estimate of drug-likeness (QED) is 0.882. The van der Waals surface area contributed by atoms with Crippen molar-refractivity contribution in [3.63, 3.8) is 0 Å². The van der Waals surface area contributed by atoms with Crippen LogP contribution in [0.3, 0.4) is 0 Å². The van der Waals surface area contributed by atoms with E-state index in [-0.39, 0.29) is 5.56 Å². The maximum absolute atomic E-state index is 13.5. The third kappa shape index (κ3) is 2.76. The van der Waals surface area contributed by atoms with Crippen molar-refractivity contribution < 1.29 is 18.0 Å². The summed E-state index contributed by atoms with van der Waals surface area (Å²) in [5, 5.41) is 2.03. The van der Waals surface area contributed by atoms with E-state index < -0.39 is 29.0 Å². The van der Waals surface area contributed by atoms with Gasteiger partial charge in [-0.1, -0.05) is 17.7 Å². The summed E-state index contributed by atoms with van der Waals surface area (Å²) < 4.78 is 40.2. The summed E-state index contributed by atoms with van der Waals surface area (Å²) in [6.07, 6.45) is 0. The number of para-hydroxylation sites is 1. The summed E-state index contributed by atoms with van der Waals surface area (Å²) in [5.41, 5.74) is -0.184. The van der Waals surface area contributed by atoms with Crippen LogP contribution >= 0.6 is 0 Å². The minimum Gasteiger partial charge on any atom is -0.317 e. The van der Waals surface area contributed by atoms with Crippen molar-refractivity contribution in [1.82, 2.24) is 0 Å². The van der Waals surface area contributed by atoms with Gasteiger partial charge in [0.25, 0.3) is 5.91 Å². The lowest BCUT2D eigenvalue weighted by atomic mass is 10.1. The van der Waals surface area contributed by atoms with Crippen LogP contribution in [0.15, 0.2) is 36.4 Å². The number of nitrogens with one attached hydrogen (secondary N) is 1. The fourth-order valence-corrected chi connectivity index (χ4v) is 1.61. The lowest BCUT2D eigenvalue weighted by Crippen LogP contribution is -2.16. The first-order valence-electron chi connectivity index (χ1n) is 5.50. The fourth-order valence-electron chi connectivity index (χ4n) is 1.61. The summed E-state index contributed by atoms with van der Waals surface area (Å²) in [6.45, 7) is 1.68. The van der Waals surface area contributed by atoms with Crippen LogP contribution in [0.5, 0.6) is 0 Å². The van der Waals surface area contributed by atoms with Crippen molar-refractivity contribution in [2.24, 2.45) is 0 Å². The van der Waals surface area contributed by atoms with E-state index in [1.54, 1.807) is 6.92 Å². The molecule has 0 saturated carbocycles. The number of benzene rings is 2. The Kier molecular flexibility index (Phi) is 3.55. The molecule has 1 amide bonds. The SMILES string of the molecule is Cc1ccc(F)c(C(=O)Nc2c(F)cccc2F)c1. The number of amides is 1. The van der Waals surface area contributed by atoms with E-state index in [0.29, 0.717) is 5.56 Å². The highest BCUT2D eigenvalue weighted by molar-refractivity contribution is 6.04. The van der Waals surface area contributed by atoms with Gasteiger partial charge in [-0.25, -0.2) is 13.2 Å². The molecule has 0 heterocycles. The van der Waals surface area contributed by atoms with Crippen LogP contribution in [0.1, 0.15) is 15.9 Å². The summed E-state index contributed by atoms with van der Waals surface area (Å²) in [6, 6.07) is 7.12. The van der Waals surface area contributed by atoms with Crippen molar-refractivity contribution in [3.05, 3.63) is 65.0 Å². The molecule has 2 nitrogen and oxygen atoms in total. The maximum atomic E-state index is 13.5. The summed E-state index contributed by atoms with van der Waals surface area (Å²) >= 11 is 0. The molecule has 0 spiro atoms. The molecular formula is C14H10F3NO. The summed E-state index contributed by atoms with van der Waals surface area (Å²) in [7, 11) is 0. The van der Waals surface area contributed by atoms with Gasteiger partial charge < -0.3 is 5.32 Å². The van der Waals surface area contributed by atoms with Gasteiger partial charge in [-0.15, -0.1) is 0 Å². The maximum Gasteiger partial charge on any atom is 0.258 e. The van der Waals surface area contributed by atoms with E-state index in [4.69, 9.17) is 0 Å². The van der Waals surface area contributed by atoms with Gasteiger partial charge in [0.15, 0.2) is 0 Å². The number of rotatable bonds is 2. The van der Waals surface area contributed by atoms with E-state index in [1.165, 1.54) is 18.2 Å². The molecule has 2 aromatic carbocycles. The number of hydrogen-bond acceptors (Lipinski definition) is 1. The van der Waals surface area contributed by atoms with Gasteiger partial charge in [-0.05, 0) is 31.2 Å². The van der Waals surface area contributed by atoms with E-state index in [2.05, 4.69) is 0 Å². The van der Waals surface area contributed by atoms with Gasteiger partial charge in [0.1, 0.15) is 23.1 Å². The molecule has 0 unspecified atom stereocenters. The van der Waals surface area contributed by atoms with E-state index >= 15 is 0 Å². The molecule has 0 radical (unpaired) electrons. The smallest absolute Gasteiger partial charge is 0.258 e. The van der Waals surface area contributed by atoms with Gasteiger partial charge in [0, 0.05) is 0 Å². The fraction of sp³-hybridized carbons (Fsp3) is 0.0714. The molecule has 5 heteroatoms. The van der Waals surface area contributed by atoms with Crippen LogP contribution in [0.2, 0.25) is 0 Å². The highest BCUT2D eigenvalue weighted by Crippen LogP contribution is 2.20. The summed E-state index contributed by atoms with van der Waals surface area (Å²) in [5.74, 6) is -3.48. The Morgan fingerprint density at radius 2 is 1.63 bits per heavy atom. The highest BCUT2D eigenvalue weighted by Gasteiger charge is 2.16. The van der Waals surface area contributed by atoms with Crippen LogP contribution in [0.4, 0.5) is 18.9 Å². The second-order valence-electron chi connectivity index (χ2n) is 4.03. The van der Waals surface area contributed by atoms with E-state index in [9.17, 15) is 18.0 Å². The third-order valence-electron chi connectivity index (χ3n) is 2.57. The van der Waals surface area contributed by atoms with Gasteiger partial charge in [-0.2, -0.15) is 0 Å². The summed E-state index contributed by atoms with van der Waals surface area (Å²) in [4.78, 5) is 11.8. The molecule has 0 aliphatic rings. The zero-order valence-electron chi connectivity index (χ0n) is 10.0. The molecule has 0 aromatic heterocycles. The second kappa shape index (κ2) is 5.14. The Morgan fingerprint density at radius 3 is 2.26 bits per heavy atom. The zero-order valence-corrected chi connectivity index (χ0v) is 10.0. The van der Waals surface area contributed by atoms with Gasteiger partial charge in [0.05, 0.1) is 5.56 Å². The third-order valence-corrected chi connectivity index (χ3v) is 2.57. The normalized spacial score (nSPS) is 10.3. The molecule has 0 bridgehead atoms. The average molecular weight is 265 g/mol. The first-order valence-corrected chi connectivity index (χ1v) is 5.50. The number of aryl methyl sites for hydroxylation is 1. The predicted molar refractivity (Wildman–Crippen MR) is 65.4 cm³/mol. The average Bonchev–Trinajstić information content (AvgIpc) is 2.37. The lowest BCUT2D eigenvalue weighted by Gasteiger charge is -2.08. The van der Waals surface area contributed by atoms with Crippen molar-refractivity contribution in [3.8, 4) is 0 Å². The van der Waals surface area contributed by atoms with Crippen LogP contribution in [0, 0.1) is 24.4 Å². The zero-order chi connectivity index (χ0) is 14.0. The van der Waals surface area contributed by atoms with Gasteiger partial charge >= 0.3 is 0 Å². The molecule has 2 rings (SSSR count). The first kappa shape index (κ1) is 13.1. The van der Waals surface area contributed by atoms with Crippen molar-refractivity contribution in [2.75, 3.05) is 5.32 Å². The van der Waals surface area contributed by atoms with Crippen molar-refractivity contribution >= 4 is 11.6 Å². The van der Waals surface area contributed by atoms with Crippen LogP contribution in [-0.4, -0.2) is 5.91 Å². The molecular weight excluding hydrogens is 255 g/mol. The highest BCUT2D eigenvalue weighted by atomic mass is 19.1. The topological polar surface area (TPSA) is 29.1 Å². The van der Waals surface area contributed by atoms with Gasteiger partial charge in [-0.3, -0.25) is 4.79 Å². The minimum absolute atomic E-state index is 0.261. The van der Waals surface area contributed by atoms with E-state index in [0.717, 1.165) is 18.2 Å². The molecule has 0 aliphatic heterocycles. The molecule has 98 valence electrons. The van der Waals surface area contributed by atoms with Gasteiger partial charge in [0.2, 0.25) is 0 Å². The largest absolute Gasteiger partial charge is 0.317 e. The van der Waals surface area contributed by atoms with Crippen LogP contribution < -0.4 is 5.32 Å². The molecule has 1 N–H and O–H groups in total. The van der Waals surface area contributed by atoms with Crippen LogP contribution in [0.25, 0.3) is 0 Å². The number of carbonyl (C=O) groups excluding carboxylic acids is 1. The van der Waals surface area contributed by atoms with E-state index in [1.807, 2.05) is 5.32 Å². The Morgan fingerprint density at radius 1 is 1.00 bits per heavy atom. The standard InChI is InChI=1S/C14H10F3NO/c1-8-5-6-10(15)9(7-8)14(19)18-13-11(16)3-2-4-12(13)17/h2-7H,1H3,(H,18,19).